The molecule has 1 rings (SSSR count). The lowest BCUT2D eigenvalue weighted by Crippen LogP contribution is -2.21. The second-order valence-corrected chi connectivity index (χ2v) is 5.40. The summed E-state index contributed by atoms with van der Waals surface area (Å²) in [5, 5.41) is 3.63. The Bertz CT molecular complexity index is 333. The van der Waals surface area contributed by atoms with Gasteiger partial charge in [-0.2, -0.15) is 0 Å². The van der Waals surface area contributed by atoms with Crippen LogP contribution in [0.3, 0.4) is 0 Å². The molecule has 0 saturated heterocycles. The topological polar surface area (TPSA) is 26.2 Å². The molecule has 1 aromatic rings. The highest BCUT2D eigenvalue weighted by Crippen LogP contribution is 2.18. The summed E-state index contributed by atoms with van der Waals surface area (Å²) in [5.41, 5.74) is 1.40. The van der Waals surface area contributed by atoms with E-state index in [9.17, 15) is 0 Å². The van der Waals surface area contributed by atoms with E-state index in [4.69, 9.17) is 4.74 Å². The highest BCUT2D eigenvalue weighted by atomic mass is 16.5. The number of nitrogens with one attached hydrogen (secondary N) is 1. The Labute approximate surface area is 118 Å². The van der Waals surface area contributed by atoms with Crippen molar-refractivity contribution < 1.29 is 4.74 Å². The van der Waals surface area contributed by atoms with Crippen molar-refractivity contribution in [3.05, 3.63) is 24.0 Å². The van der Waals surface area contributed by atoms with Gasteiger partial charge in [0.1, 0.15) is 0 Å². The predicted octanol–water partition coefficient (Wildman–Crippen LogP) is 3.75. The van der Waals surface area contributed by atoms with E-state index in [1.165, 1.54) is 24.8 Å². The number of aromatic nitrogens is 1. The van der Waals surface area contributed by atoms with Crippen LogP contribution in [0.4, 0.5) is 0 Å². The van der Waals surface area contributed by atoms with Crippen LogP contribution < -0.4 is 5.32 Å². The minimum Gasteiger partial charge on any atom is -0.377 e. The number of rotatable bonds is 10. The van der Waals surface area contributed by atoms with Crippen LogP contribution in [0.25, 0.3) is 0 Å². The smallest absolute Gasteiger partial charge is 0.0648 e. The minimum absolute atomic E-state index is 0.314. The van der Waals surface area contributed by atoms with E-state index in [1.807, 2.05) is 0 Å². The van der Waals surface area contributed by atoms with E-state index in [-0.39, 0.29) is 0 Å². The number of nitrogens with zero attached hydrogens (tertiary/aromatic N) is 1. The summed E-state index contributed by atoms with van der Waals surface area (Å²) < 4.78 is 7.82. The molecule has 1 aromatic heterocycles. The summed E-state index contributed by atoms with van der Waals surface area (Å²) >= 11 is 0. The van der Waals surface area contributed by atoms with Crippen molar-refractivity contribution >= 4 is 0 Å². The summed E-state index contributed by atoms with van der Waals surface area (Å²) in [5.74, 6) is 0. The fraction of sp³-hybridized carbons (Fsp3) is 0.750. The van der Waals surface area contributed by atoms with Crippen LogP contribution in [-0.4, -0.2) is 23.8 Å². The third kappa shape index (κ3) is 6.26. The second-order valence-electron chi connectivity index (χ2n) is 5.40. The monoisotopic (exact) mass is 266 g/mol. The molecule has 0 bridgehead atoms. The normalized spacial score (nSPS) is 13.1. The third-order valence-corrected chi connectivity index (χ3v) is 3.19. The maximum Gasteiger partial charge on any atom is 0.0648 e. The Balaban J connectivity index is 2.49. The fourth-order valence-electron chi connectivity index (χ4n) is 2.19. The van der Waals surface area contributed by atoms with Gasteiger partial charge in [0.15, 0.2) is 0 Å². The largest absolute Gasteiger partial charge is 0.377 e. The van der Waals surface area contributed by atoms with E-state index in [1.54, 1.807) is 0 Å². The van der Waals surface area contributed by atoms with Gasteiger partial charge in [-0.25, -0.2) is 0 Å². The molecule has 0 fully saturated rings. The number of hydrogen-bond donors (Lipinski definition) is 1. The van der Waals surface area contributed by atoms with Crippen LogP contribution in [-0.2, 0) is 11.3 Å². The molecule has 0 amide bonds. The summed E-state index contributed by atoms with van der Waals surface area (Å²) in [4.78, 5) is 0. The van der Waals surface area contributed by atoms with Gasteiger partial charge in [0.05, 0.1) is 12.7 Å². The number of ether oxygens (including phenoxy) is 1. The van der Waals surface area contributed by atoms with Gasteiger partial charge in [-0.05, 0) is 44.9 Å². The quantitative estimate of drug-likeness (QED) is 0.698. The molecule has 0 aliphatic heterocycles. The zero-order valence-corrected chi connectivity index (χ0v) is 13.0. The van der Waals surface area contributed by atoms with Gasteiger partial charge < -0.3 is 14.6 Å². The first-order chi connectivity index (χ1) is 9.17. The highest BCUT2D eigenvalue weighted by Gasteiger charge is 2.10. The lowest BCUT2D eigenvalue weighted by Gasteiger charge is -2.16. The Morgan fingerprint density at radius 3 is 2.68 bits per heavy atom. The van der Waals surface area contributed by atoms with Crippen LogP contribution in [0.2, 0.25) is 0 Å². The molecular formula is C16H30N2O. The van der Waals surface area contributed by atoms with Gasteiger partial charge >= 0.3 is 0 Å². The Morgan fingerprint density at radius 2 is 2.05 bits per heavy atom. The predicted molar refractivity (Wildman–Crippen MR) is 81.5 cm³/mol. The summed E-state index contributed by atoms with van der Waals surface area (Å²) in [6.07, 6.45) is 8.33. The van der Waals surface area contributed by atoms with Crippen LogP contribution in [0.5, 0.6) is 0 Å². The average Bonchev–Trinajstić information content (AvgIpc) is 2.82. The van der Waals surface area contributed by atoms with Crippen molar-refractivity contribution in [3.8, 4) is 0 Å². The van der Waals surface area contributed by atoms with E-state index < -0.39 is 0 Å². The first-order valence-electron chi connectivity index (χ1n) is 7.68. The molecule has 3 heteroatoms. The molecule has 0 spiro atoms. The van der Waals surface area contributed by atoms with Gasteiger partial charge in [-0.1, -0.05) is 20.3 Å². The Kier molecular flexibility index (Phi) is 7.84. The lowest BCUT2D eigenvalue weighted by atomic mass is 10.1. The molecule has 0 saturated carbocycles. The van der Waals surface area contributed by atoms with Crippen molar-refractivity contribution in [2.24, 2.45) is 0 Å². The van der Waals surface area contributed by atoms with Crippen molar-refractivity contribution in [1.29, 1.82) is 0 Å². The standard InChI is InChI=1S/C16H30N2O/c1-5-7-16(17-9-6-2)15-8-10-18(13-15)11-12-19-14(3)4/h8,10,13-14,16-17H,5-7,9,11-12H2,1-4H3. The first-order valence-corrected chi connectivity index (χ1v) is 7.68. The van der Waals surface area contributed by atoms with Crippen molar-refractivity contribution in [2.45, 2.75) is 65.6 Å². The third-order valence-electron chi connectivity index (χ3n) is 3.19. The molecule has 0 aliphatic rings. The summed E-state index contributed by atoms with van der Waals surface area (Å²) in [7, 11) is 0. The Hall–Kier alpha value is -0.800. The van der Waals surface area contributed by atoms with Crippen LogP contribution in [0.15, 0.2) is 18.5 Å². The van der Waals surface area contributed by atoms with Gasteiger partial charge in [-0.15, -0.1) is 0 Å². The van der Waals surface area contributed by atoms with Gasteiger partial charge in [0, 0.05) is 25.0 Å². The summed E-state index contributed by atoms with van der Waals surface area (Å²) in [6, 6.07) is 2.73. The molecule has 0 aliphatic carbocycles. The minimum atomic E-state index is 0.314. The highest BCUT2D eigenvalue weighted by molar-refractivity contribution is 5.15. The molecule has 1 unspecified atom stereocenters. The first kappa shape index (κ1) is 16.3. The molecule has 1 atom stereocenters. The number of hydrogen-bond acceptors (Lipinski definition) is 2. The van der Waals surface area contributed by atoms with Gasteiger partial charge in [-0.3, -0.25) is 0 Å². The second kappa shape index (κ2) is 9.16. The molecule has 0 radical (unpaired) electrons. The SMILES string of the molecule is CCCNC(CCC)c1ccn(CCOC(C)C)c1. The van der Waals surface area contributed by atoms with E-state index in [0.717, 1.165) is 19.7 Å². The fourth-order valence-corrected chi connectivity index (χ4v) is 2.19. The molecule has 3 nitrogen and oxygen atoms in total. The zero-order valence-electron chi connectivity index (χ0n) is 13.0. The van der Waals surface area contributed by atoms with Gasteiger partial charge in [0.25, 0.3) is 0 Å². The van der Waals surface area contributed by atoms with Crippen LogP contribution >= 0.6 is 0 Å². The maximum absolute atomic E-state index is 5.59. The average molecular weight is 266 g/mol. The maximum atomic E-state index is 5.59. The van der Waals surface area contributed by atoms with E-state index in [0.29, 0.717) is 12.1 Å². The molecular weight excluding hydrogens is 236 g/mol. The zero-order chi connectivity index (χ0) is 14.1. The Morgan fingerprint density at radius 1 is 1.26 bits per heavy atom. The van der Waals surface area contributed by atoms with Crippen molar-refractivity contribution in [3.63, 3.8) is 0 Å². The van der Waals surface area contributed by atoms with Crippen LogP contribution in [0.1, 0.15) is 58.6 Å². The van der Waals surface area contributed by atoms with E-state index >= 15 is 0 Å². The molecule has 110 valence electrons. The molecule has 1 N–H and O–H groups in total. The molecule has 0 aromatic carbocycles. The summed E-state index contributed by atoms with van der Waals surface area (Å²) in [6.45, 7) is 11.4. The van der Waals surface area contributed by atoms with Crippen LogP contribution in [0, 0.1) is 0 Å². The van der Waals surface area contributed by atoms with Crippen molar-refractivity contribution in [2.75, 3.05) is 13.2 Å². The molecule has 1 heterocycles. The molecule has 19 heavy (non-hydrogen) atoms. The van der Waals surface area contributed by atoms with E-state index in [2.05, 4.69) is 56.0 Å². The van der Waals surface area contributed by atoms with Gasteiger partial charge in [0.2, 0.25) is 0 Å². The lowest BCUT2D eigenvalue weighted by molar-refractivity contribution is 0.0728. The van der Waals surface area contributed by atoms with Crippen molar-refractivity contribution in [1.82, 2.24) is 9.88 Å².